The van der Waals surface area contributed by atoms with E-state index in [9.17, 15) is 18.0 Å². The van der Waals surface area contributed by atoms with Gasteiger partial charge in [-0.3, -0.25) is 9.10 Å². The zero-order valence-electron chi connectivity index (χ0n) is 17.6. The van der Waals surface area contributed by atoms with Crippen molar-refractivity contribution in [3.8, 4) is 5.75 Å². The number of nitrogens with one attached hydrogen (secondary N) is 1. The molecule has 0 bridgehead atoms. The van der Waals surface area contributed by atoms with E-state index in [4.69, 9.17) is 9.47 Å². The SMILES string of the molecule is COC(=O)c1ccc(C)c(NC(=O)CN(c2cccc(OC(C)C)c2)S(C)(=O)=O)c1. The lowest BCUT2D eigenvalue weighted by Crippen LogP contribution is -2.37. The Hall–Kier alpha value is -3.07. The van der Waals surface area contributed by atoms with E-state index in [-0.39, 0.29) is 11.7 Å². The first-order valence-corrected chi connectivity index (χ1v) is 11.1. The van der Waals surface area contributed by atoms with Crippen molar-refractivity contribution in [1.29, 1.82) is 0 Å². The molecule has 0 heterocycles. The summed E-state index contributed by atoms with van der Waals surface area (Å²) in [5.41, 5.74) is 1.70. The maximum Gasteiger partial charge on any atom is 0.337 e. The molecule has 0 aliphatic carbocycles. The Labute approximate surface area is 176 Å². The average molecular weight is 435 g/mol. The molecule has 2 aromatic carbocycles. The van der Waals surface area contributed by atoms with Gasteiger partial charge in [0.15, 0.2) is 0 Å². The van der Waals surface area contributed by atoms with E-state index in [0.29, 0.717) is 22.7 Å². The maximum atomic E-state index is 12.6. The second-order valence-corrected chi connectivity index (χ2v) is 8.91. The summed E-state index contributed by atoms with van der Waals surface area (Å²) in [4.78, 5) is 24.4. The van der Waals surface area contributed by atoms with Gasteiger partial charge in [0.05, 0.1) is 30.7 Å². The third kappa shape index (κ3) is 6.21. The molecule has 1 N–H and O–H groups in total. The Bertz CT molecular complexity index is 1030. The van der Waals surface area contributed by atoms with Gasteiger partial charge < -0.3 is 14.8 Å². The quantitative estimate of drug-likeness (QED) is 0.641. The first kappa shape index (κ1) is 23.2. The predicted octanol–water partition coefficient (Wildman–Crippen LogP) is 2.97. The van der Waals surface area contributed by atoms with Crippen molar-refractivity contribution >= 4 is 33.3 Å². The molecule has 0 atom stereocenters. The van der Waals surface area contributed by atoms with E-state index in [1.807, 2.05) is 13.8 Å². The fraction of sp³-hybridized carbons (Fsp3) is 0.333. The van der Waals surface area contributed by atoms with Crippen LogP contribution in [0.25, 0.3) is 0 Å². The third-order valence-electron chi connectivity index (χ3n) is 4.10. The Morgan fingerprint density at radius 1 is 1.13 bits per heavy atom. The van der Waals surface area contributed by atoms with E-state index in [1.165, 1.54) is 13.2 Å². The number of aryl methyl sites for hydroxylation is 1. The number of esters is 1. The van der Waals surface area contributed by atoms with E-state index >= 15 is 0 Å². The van der Waals surface area contributed by atoms with Gasteiger partial charge in [-0.15, -0.1) is 0 Å². The van der Waals surface area contributed by atoms with Crippen molar-refractivity contribution in [2.75, 3.05) is 29.5 Å². The lowest BCUT2D eigenvalue weighted by Gasteiger charge is -2.23. The van der Waals surface area contributed by atoms with Crippen molar-refractivity contribution in [3.05, 3.63) is 53.6 Å². The third-order valence-corrected chi connectivity index (χ3v) is 5.24. The highest BCUT2D eigenvalue weighted by atomic mass is 32.2. The summed E-state index contributed by atoms with van der Waals surface area (Å²) in [7, 11) is -2.48. The lowest BCUT2D eigenvalue weighted by molar-refractivity contribution is -0.114. The second-order valence-electron chi connectivity index (χ2n) is 7.00. The van der Waals surface area contributed by atoms with Crippen LogP contribution in [-0.2, 0) is 19.6 Å². The Morgan fingerprint density at radius 3 is 2.43 bits per heavy atom. The van der Waals surface area contributed by atoms with Crippen LogP contribution in [0.3, 0.4) is 0 Å². The van der Waals surface area contributed by atoms with Gasteiger partial charge in [0.1, 0.15) is 12.3 Å². The monoisotopic (exact) mass is 434 g/mol. The molecule has 0 aliphatic heterocycles. The van der Waals surface area contributed by atoms with E-state index in [2.05, 4.69) is 5.32 Å². The molecule has 0 spiro atoms. The summed E-state index contributed by atoms with van der Waals surface area (Å²) in [5.74, 6) is -0.593. The molecule has 162 valence electrons. The number of anilines is 2. The molecule has 2 rings (SSSR count). The highest BCUT2D eigenvalue weighted by Gasteiger charge is 2.22. The van der Waals surface area contributed by atoms with E-state index in [0.717, 1.165) is 10.6 Å². The Morgan fingerprint density at radius 2 is 1.83 bits per heavy atom. The Balaban J connectivity index is 2.27. The number of hydrogen-bond donors (Lipinski definition) is 1. The van der Waals surface area contributed by atoms with Gasteiger partial charge in [-0.2, -0.15) is 0 Å². The molecule has 2 aromatic rings. The number of amides is 1. The number of hydrogen-bond acceptors (Lipinski definition) is 6. The molecular weight excluding hydrogens is 408 g/mol. The normalized spacial score (nSPS) is 11.1. The summed E-state index contributed by atoms with van der Waals surface area (Å²) in [6, 6.07) is 11.3. The molecule has 0 aliphatic rings. The molecular formula is C21H26N2O6S. The number of rotatable bonds is 8. The summed E-state index contributed by atoms with van der Waals surface area (Å²) < 4.78 is 36.0. The van der Waals surface area contributed by atoms with Crippen LogP contribution in [0.2, 0.25) is 0 Å². The number of benzene rings is 2. The molecule has 8 nitrogen and oxygen atoms in total. The van der Waals surface area contributed by atoms with Crippen LogP contribution in [0, 0.1) is 6.92 Å². The van der Waals surface area contributed by atoms with Crippen molar-refractivity contribution < 1.29 is 27.5 Å². The second kappa shape index (κ2) is 9.62. The van der Waals surface area contributed by atoms with Crippen LogP contribution >= 0.6 is 0 Å². The molecule has 30 heavy (non-hydrogen) atoms. The van der Waals surface area contributed by atoms with Crippen LogP contribution < -0.4 is 14.4 Å². The van der Waals surface area contributed by atoms with Gasteiger partial charge in [0, 0.05) is 11.8 Å². The van der Waals surface area contributed by atoms with E-state index < -0.39 is 28.4 Å². The van der Waals surface area contributed by atoms with Crippen molar-refractivity contribution in [2.45, 2.75) is 26.9 Å². The van der Waals surface area contributed by atoms with Crippen molar-refractivity contribution in [1.82, 2.24) is 0 Å². The maximum absolute atomic E-state index is 12.6. The first-order valence-electron chi connectivity index (χ1n) is 9.24. The molecule has 0 radical (unpaired) electrons. The molecule has 0 aromatic heterocycles. The van der Waals surface area contributed by atoms with Gasteiger partial charge in [-0.25, -0.2) is 13.2 Å². The number of carbonyl (C=O) groups is 2. The summed E-state index contributed by atoms with van der Waals surface area (Å²) >= 11 is 0. The fourth-order valence-corrected chi connectivity index (χ4v) is 3.55. The number of ether oxygens (including phenoxy) is 2. The molecule has 0 unspecified atom stereocenters. The summed E-state index contributed by atoms with van der Waals surface area (Å²) in [6.45, 7) is 5.04. The number of methoxy groups -OCH3 is 1. The minimum Gasteiger partial charge on any atom is -0.491 e. The van der Waals surface area contributed by atoms with Crippen LogP contribution in [0.5, 0.6) is 5.75 Å². The van der Waals surface area contributed by atoms with Crippen LogP contribution in [0.4, 0.5) is 11.4 Å². The van der Waals surface area contributed by atoms with Gasteiger partial charge in [-0.1, -0.05) is 12.1 Å². The fourth-order valence-electron chi connectivity index (χ4n) is 2.71. The smallest absolute Gasteiger partial charge is 0.337 e. The molecule has 0 fully saturated rings. The molecule has 0 saturated carbocycles. The van der Waals surface area contributed by atoms with Gasteiger partial charge in [0.2, 0.25) is 15.9 Å². The molecule has 9 heteroatoms. The van der Waals surface area contributed by atoms with Crippen molar-refractivity contribution in [3.63, 3.8) is 0 Å². The average Bonchev–Trinajstić information content (AvgIpc) is 2.66. The Kier molecular flexibility index (Phi) is 7.44. The molecule has 1 amide bonds. The van der Waals surface area contributed by atoms with Crippen LogP contribution in [0.1, 0.15) is 29.8 Å². The topological polar surface area (TPSA) is 102 Å². The number of carbonyl (C=O) groups excluding carboxylic acids is 2. The standard InChI is InChI=1S/C21H26N2O6S/c1-14(2)29-18-8-6-7-17(12-18)23(30(5,26)27)13-20(24)22-19-11-16(21(25)28-4)10-9-15(19)3/h6-12,14H,13H2,1-5H3,(H,22,24). The van der Waals surface area contributed by atoms with E-state index in [1.54, 1.807) is 43.3 Å². The molecule has 0 saturated heterocycles. The highest BCUT2D eigenvalue weighted by molar-refractivity contribution is 7.92. The zero-order valence-corrected chi connectivity index (χ0v) is 18.4. The van der Waals surface area contributed by atoms with Gasteiger partial charge >= 0.3 is 5.97 Å². The number of nitrogens with zero attached hydrogens (tertiary/aromatic N) is 1. The largest absolute Gasteiger partial charge is 0.491 e. The summed E-state index contributed by atoms with van der Waals surface area (Å²) in [6.07, 6.45) is 0.944. The van der Waals surface area contributed by atoms with Gasteiger partial charge in [0.25, 0.3) is 0 Å². The van der Waals surface area contributed by atoms with Crippen molar-refractivity contribution in [2.24, 2.45) is 0 Å². The zero-order chi connectivity index (χ0) is 22.5. The predicted molar refractivity (Wildman–Crippen MR) is 116 cm³/mol. The first-order chi connectivity index (χ1) is 14.0. The number of sulfonamides is 1. The summed E-state index contributed by atoms with van der Waals surface area (Å²) in [5, 5.41) is 2.66. The van der Waals surface area contributed by atoms with Gasteiger partial charge in [-0.05, 0) is 50.6 Å². The lowest BCUT2D eigenvalue weighted by atomic mass is 10.1. The van der Waals surface area contributed by atoms with Crippen LogP contribution in [0.15, 0.2) is 42.5 Å². The minimum absolute atomic E-state index is 0.0831. The van der Waals surface area contributed by atoms with Crippen LogP contribution in [-0.4, -0.2) is 46.3 Å². The minimum atomic E-state index is -3.74. The highest BCUT2D eigenvalue weighted by Crippen LogP contribution is 2.24.